The Kier molecular flexibility index (Phi) is 2.50. The zero-order valence-corrected chi connectivity index (χ0v) is 8.25. The van der Waals surface area contributed by atoms with Crippen molar-refractivity contribution in [2.45, 2.75) is 19.8 Å². The molecule has 14 heavy (non-hydrogen) atoms. The van der Waals surface area contributed by atoms with E-state index in [9.17, 15) is 0 Å². The summed E-state index contributed by atoms with van der Waals surface area (Å²) in [6.45, 7) is 2.18. The first kappa shape index (κ1) is 9.21. The summed E-state index contributed by atoms with van der Waals surface area (Å²) >= 11 is 0. The number of aliphatic hydroxyl groups excluding tert-OH is 1. The van der Waals surface area contributed by atoms with Crippen LogP contribution in [0.25, 0.3) is 12.2 Å². The minimum atomic E-state index is 0.115. The predicted molar refractivity (Wildman–Crippen MR) is 56.7 cm³/mol. The lowest BCUT2D eigenvalue weighted by Crippen LogP contribution is -1.88. The number of aromatic amines is 1. The summed E-state index contributed by atoms with van der Waals surface area (Å²) in [5.74, 6) is 0.995. The minimum Gasteiger partial charge on any atom is -0.392 e. The number of fused-ring (bicyclic) bond motifs is 1. The smallest absolute Gasteiger partial charge is 0.106 e. The third kappa shape index (κ3) is 1.63. The molecule has 0 amide bonds. The molecule has 1 heterocycles. The Balaban J connectivity index is 2.42. The van der Waals surface area contributed by atoms with Gasteiger partial charge in [-0.1, -0.05) is 13.0 Å². The molecule has 2 N–H and O–H groups in total. The molecule has 0 spiro atoms. The Bertz CT molecular complexity index is 388. The molecule has 1 aliphatic rings. The average molecular weight is 190 g/mol. The standard InChI is InChI=1S/C11H14N2O/c1-2-11-12-9-5-3-4-8(7-14)6-10(9)13-11/h3,5-6,14H,2,4,7H2,1H3,(H,12,13). The zero-order chi connectivity index (χ0) is 9.97. The van der Waals surface area contributed by atoms with Gasteiger partial charge in [0.1, 0.15) is 5.82 Å². The van der Waals surface area contributed by atoms with Crippen molar-refractivity contribution in [3.63, 3.8) is 0 Å². The van der Waals surface area contributed by atoms with Gasteiger partial charge in [-0.3, -0.25) is 0 Å². The van der Waals surface area contributed by atoms with E-state index in [1.807, 2.05) is 18.2 Å². The molecule has 3 heteroatoms. The van der Waals surface area contributed by atoms with Gasteiger partial charge in [0.05, 0.1) is 18.0 Å². The molecular formula is C11H14N2O. The lowest BCUT2D eigenvalue weighted by Gasteiger charge is -1.96. The van der Waals surface area contributed by atoms with Crippen molar-refractivity contribution in [1.82, 2.24) is 9.97 Å². The van der Waals surface area contributed by atoms with Crippen molar-refractivity contribution in [3.05, 3.63) is 28.9 Å². The number of hydrogen-bond donors (Lipinski definition) is 2. The second-order valence-corrected chi connectivity index (χ2v) is 3.40. The highest BCUT2D eigenvalue weighted by Crippen LogP contribution is 2.19. The second kappa shape index (κ2) is 3.80. The quantitative estimate of drug-likeness (QED) is 0.746. The molecule has 0 aliphatic heterocycles. The topological polar surface area (TPSA) is 48.9 Å². The average Bonchev–Trinajstić information content (AvgIpc) is 2.50. The van der Waals surface area contributed by atoms with Gasteiger partial charge in [0.15, 0.2) is 0 Å². The van der Waals surface area contributed by atoms with E-state index in [1.165, 1.54) is 0 Å². The molecular weight excluding hydrogens is 176 g/mol. The molecule has 2 rings (SSSR count). The van der Waals surface area contributed by atoms with Crippen molar-refractivity contribution >= 4 is 12.2 Å². The van der Waals surface area contributed by atoms with E-state index in [0.29, 0.717) is 0 Å². The van der Waals surface area contributed by atoms with E-state index in [0.717, 1.165) is 35.6 Å². The van der Waals surface area contributed by atoms with Crippen molar-refractivity contribution < 1.29 is 5.11 Å². The first-order chi connectivity index (χ1) is 6.83. The number of nitrogens with one attached hydrogen (secondary N) is 1. The molecule has 0 saturated heterocycles. The van der Waals surface area contributed by atoms with Crippen LogP contribution in [0.3, 0.4) is 0 Å². The summed E-state index contributed by atoms with van der Waals surface area (Å²) in [6.07, 6.45) is 7.74. The molecule has 3 nitrogen and oxygen atoms in total. The summed E-state index contributed by atoms with van der Waals surface area (Å²) in [6, 6.07) is 0. The molecule has 0 radical (unpaired) electrons. The molecule has 0 aromatic carbocycles. The molecule has 1 aromatic heterocycles. The molecule has 1 aromatic rings. The van der Waals surface area contributed by atoms with Gasteiger partial charge in [-0.2, -0.15) is 0 Å². The fourth-order valence-corrected chi connectivity index (χ4v) is 1.55. The molecule has 1 aliphatic carbocycles. The number of hydrogen-bond acceptors (Lipinski definition) is 2. The van der Waals surface area contributed by atoms with Crippen LogP contribution in [0.1, 0.15) is 30.6 Å². The Hall–Kier alpha value is -1.35. The van der Waals surface area contributed by atoms with E-state index < -0.39 is 0 Å². The van der Waals surface area contributed by atoms with Crippen LogP contribution in [0.2, 0.25) is 0 Å². The van der Waals surface area contributed by atoms with Crippen LogP contribution in [-0.4, -0.2) is 21.7 Å². The highest BCUT2D eigenvalue weighted by atomic mass is 16.3. The van der Waals surface area contributed by atoms with Crippen molar-refractivity contribution in [2.75, 3.05) is 6.61 Å². The zero-order valence-electron chi connectivity index (χ0n) is 8.25. The van der Waals surface area contributed by atoms with Gasteiger partial charge in [0.2, 0.25) is 0 Å². The van der Waals surface area contributed by atoms with Gasteiger partial charge in [-0.25, -0.2) is 4.98 Å². The van der Waals surface area contributed by atoms with Crippen molar-refractivity contribution in [1.29, 1.82) is 0 Å². The van der Waals surface area contributed by atoms with Crippen LogP contribution in [0.15, 0.2) is 11.6 Å². The van der Waals surface area contributed by atoms with Gasteiger partial charge in [0, 0.05) is 6.42 Å². The lowest BCUT2D eigenvalue weighted by atomic mass is 10.2. The first-order valence-electron chi connectivity index (χ1n) is 4.89. The molecule has 0 unspecified atom stereocenters. The van der Waals surface area contributed by atoms with Crippen LogP contribution in [0.5, 0.6) is 0 Å². The fourth-order valence-electron chi connectivity index (χ4n) is 1.55. The fraction of sp³-hybridized carbons (Fsp3) is 0.364. The van der Waals surface area contributed by atoms with Crippen LogP contribution in [-0.2, 0) is 6.42 Å². The maximum absolute atomic E-state index is 9.07. The van der Waals surface area contributed by atoms with Gasteiger partial charge in [-0.05, 0) is 24.1 Å². The van der Waals surface area contributed by atoms with E-state index in [1.54, 1.807) is 0 Å². The number of allylic oxidation sites excluding steroid dienone is 1. The van der Waals surface area contributed by atoms with Crippen LogP contribution < -0.4 is 0 Å². The van der Waals surface area contributed by atoms with Crippen molar-refractivity contribution in [3.8, 4) is 0 Å². The Labute approximate surface area is 83.2 Å². The van der Waals surface area contributed by atoms with Crippen molar-refractivity contribution in [2.24, 2.45) is 0 Å². The highest BCUT2D eigenvalue weighted by Gasteiger charge is 2.08. The van der Waals surface area contributed by atoms with E-state index in [-0.39, 0.29) is 6.61 Å². The second-order valence-electron chi connectivity index (χ2n) is 3.40. The number of H-pyrrole nitrogens is 1. The van der Waals surface area contributed by atoms with Crippen LogP contribution in [0, 0.1) is 0 Å². The summed E-state index contributed by atoms with van der Waals surface area (Å²) in [5, 5.41) is 9.07. The summed E-state index contributed by atoms with van der Waals surface area (Å²) in [7, 11) is 0. The number of nitrogens with zero attached hydrogens (tertiary/aromatic N) is 1. The Morgan fingerprint density at radius 3 is 3.14 bits per heavy atom. The summed E-state index contributed by atoms with van der Waals surface area (Å²) in [5.41, 5.74) is 3.01. The van der Waals surface area contributed by atoms with Gasteiger partial charge < -0.3 is 10.1 Å². The highest BCUT2D eigenvalue weighted by molar-refractivity contribution is 5.64. The SMILES string of the molecule is CCc1nc2c([nH]1)C=C(CO)CC=C2. The molecule has 0 fully saturated rings. The molecule has 74 valence electrons. The van der Waals surface area contributed by atoms with Crippen LogP contribution in [0.4, 0.5) is 0 Å². The van der Waals surface area contributed by atoms with Gasteiger partial charge in [-0.15, -0.1) is 0 Å². The Morgan fingerprint density at radius 1 is 1.57 bits per heavy atom. The number of aryl methyl sites for hydroxylation is 1. The Morgan fingerprint density at radius 2 is 2.43 bits per heavy atom. The lowest BCUT2D eigenvalue weighted by molar-refractivity contribution is 0.330. The largest absolute Gasteiger partial charge is 0.392 e. The number of rotatable bonds is 2. The third-order valence-corrected chi connectivity index (χ3v) is 2.35. The maximum Gasteiger partial charge on any atom is 0.106 e. The van der Waals surface area contributed by atoms with Gasteiger partial charge >= 0.3 is 0 Å². The third-order valence-electron chi connectivity index (χ3n) is 2.35. The van der Waals surface area contributed by atoms with E-state index in [2.05, 4.69) is 16.9 Å². The van der Waals surface area contributed by atoms with E-state index >= 15 is 0 Å². The summed E-state index contributed by atoms with van der Waals surface area (Å²) < 4.78 is 0. The first-order valence-corrected chi connectivity index (χ1v) is 4.89. The molecule has 0 bridgehead atoms. The monoisotopic (exact) mass is 190 g/mol. The number of aliphatic hydroxyl groups is 1. The van der Waals surface area contributed by atoms with Gasteiger partial charge in [0.25, 0.3) is 0 Å². The maximum atomic E-state index is 9.07. The summed E-state index contributed by atoms with van der Waals surface area (Å²) in [4.78, 5) is 7.67. The number of aromatic nitrogens is 2. The predicted octanol–water partition coefficient (Wildman–Crippen LogP) is 1.76. The molecule has 0 atom stereocenters. The normalized spacial score (nSPS) is 14.9. The minimum absolute atomic E-state index is 0.115. The number of imidazole rings is 1. The van der Waals surface area contributed by atoms with Crippen LogP contribution >= 0.6 is 0 Å². The van der Waals surface area contributed by atoms with E-state index in [4.69, 9.17) is 5.11 Å². The molecule has 0 saturated carbocycles.